The first kappa shape index (κ1) is 21.7. The molecule has 1 atom stereocenters. The minimum atomic E-state index is -0.232. The molecular weight excluding hydrogens is 355 g/mol. The molecule has 2 rings (SSSR count). The zero-order valence-electron chi connectivity index (χ0n) is 17.1. The number of benzene rings is 2. The molecule has 2 aromatic rings. The van der Waals surface area contributed by atoms with Crippen molar-refractivity contribution >= 4 is 0 Å². The van der Waals surface area contributed by atoms with Crippen molar-refractivity contribution in [1.82, 2.24) is 5.32 Å². The largest absolute Gasteiger partial charge is 0.493 e. The highest BCUT2D eigenvalue weighted by Gasteiger charge is 2.25. The fourth-order valence-electron chi connectivity index (χ4n) is 3.08. The van der Waals surface area contributed by atoms with Gasteiger partial charge in [0.25, 0.3) is 0 Å². The van der Waals surface area contributed by atoms with Gasteiger partial charge in [-0.1, -0.05) is 39.0 Å². The van der Waals surface area contributed by atoms with Crippen LogP contribution in [0, 0.1) is 22.6 Å². The van der Waals surface area contributed by atoms with Gasteiger partial charge in [0.05, 0.1) is 19.8 Å². The molecular formula is C23H29FN2O2. The molecule has 0 aliphatic carbocycles. The van der Waals surface area contributed by atoms with Gasteiger partial charge in [-0.15, -0.1) is 0 Å². The number of hydrogen-bond donors (Lipinski definition) is 1. The van der Waals surface area contributed by atoms with E-state index in [4.69, 9.17) is 14.7 Å². The van der Waals surface area contributed by atoms with Crippen molar-refractivity contribution in [3.8, 4) is 17.6 Å². The van der Waals surface area contributed by atoms with E-state index in [0.29, 0.717) is 37.5 Å². The van der Waals surface area contributed by atoms with Crippen LogP contribution in [-0.2, 0) is 6.54 Å². The predicted molar refractivity (Wildman–Crippen MR) is 109 cm³/mol. The van der Waals surface area contributed by atoms with Gasteiger partial charge < -0.3 is 14.8 Å². The Bertz CT molecular complexity index is 792. The lowest BCUT2D eigenvalue weighted by molar-refractivity contribution is 0.270. The van der Waals surface area contributed by atoms with Crippen molar-refractivity contribution in [2.45, 2.75) is 46.2 Å². The minimum Gasteiger partial charge on any atom is -0.493 e. The summed E-state index contributed by atoms with van der Waals surface area (Å²) < 4.78 is 24.5. The Morgan fingerprint density at radius 3 is 2.43 bits per heavy atom. The molecule has 4 nitrogen and oxygen atoms in total. The Labute approximate surface area is 167 Å². The highest BCUT2D eigenvalue weighted by Crippen LogP contribution is 2.34. The van der Waals surface area contributed by atoms with Crippen LogP contribution in [-0.4, -0.2) is 13.7 Å². The van der Waals surface area contributed by atoms with Gasteiger partial charge in [0.15, 0.2) is 11.5 Å². The standard InChI is InChI=1S/C23H29FN2O2/c1-23(2,3)22(18-8-10-19(24)11-9-18)26-16-17-7-12-20(27-4)21(15-17)28-14-6-5-13-25/h7-12,15,22,26H,5-6,14,16H2,1-4H3. The number of nitrogens with zero attached hydrogens (tertiary/aromatic N) is 1. The fourth-order valence-corrected chi connectivity index (χ4v) is 3.08. The summed E-state index contributed by atoms with van der Waals surface area (Å²) in [6, 6.07) is 14.7. The lowest BCUT2D eigenvalue weighted by Crippen LogP contribution is -2.32. The molecule has 0 aromatic heterocycles. The van der Waals surface area contributed by atoms with Crippen molar-refractivity contribution in [3.05, 3.63) is 59.4 Å². The minimum absolute atomic E-state index is 0.0407. The summed E-state index contributed by atoms with van der Waals surface area (Å²) in [5.74, 6) is 1.12. The van der Waals surface area contributed by atoms with Gasteiger partial charge in [-0.3, -0.25) is 0 Å². The van der Waals surface area contributed by atoms with E-state index in [9.17, 15) is 4.39 Å². The summed E-state index contributed by atoms with van der Waals surface area (Å²) in [4.78, 5) is 0. The average molecular weight is 384 g/mol. The Morgan fingerprint density at radius 2 is 1.82 bits per heavy atom. The maximum Gasteiger partial charge on any atom is 0.161 e. The second kappa shape index (κ2) is 10.1. The first-order valence-corrected chi connectivity index (χ1v) is 9.50. The average Bonchev–Trinajstić information content (AvgIpc) is 2.66. The molecule has 0 spiro atoms. The molecule has 1 N–H and O–H groups in total. The molecule has 28 heavy (non-hydrogen) atoms. The molecule has 0 radical (unpaired) electrons. The van der Waals surface area contributed by atoms with Crippen LogP contribution in [0.15, 0.2) is 42.5 Å². The van der Waals surface area contributed by atoms with Gasteiger partial charge in [-0.2, -0.15) is 5.26 Å². The van der Waals surface area contributed by atoms with Gasteiger partial charge >= 0.3 is 0 Å². The Balaban J connectivity index is 2.12. The van der Waals surface area contributed by atoms with Gasteiger partial charge in [-0.25, -0.2) is 4.39 Å². The quantitative estimate of drug-likeness (QED) is 0.589. The zero-order valence-corrected chi connectivity index (χ0v) is 17.1. The molecule has 150 valence electrons. The number of nitrogens with one attached hydrogen (secondary N) is 1. The van der Waals surface area contributed by atoms with E-state index >= 15 is 0 Å². The monoisotopic (exact) mass is 384 g/mol. The van der Waals surface area contributed by atoms with Crippen molar-refractivity contribution in [2.24, 2.45) is 5.41 Å². The smallest absolute Gasteiger partial charge is 0.161 e. The number of halogens is 1. The SMILES string of the molecule is COc1ccc(CNC(c2ccc(F)cc2)C(C)(C)C)cc1OCCCC#N. The van der Waals surface area contributed by atoms with Crippen LogP contribution in [0.3, 0.4) is 0 Å². The van der Waals surface area contributed by atoms with Crippen molar-refractivity contribution in [3.63, 3.8) is 0 Å². The number of methoxy groups -OCH3 is 1. The number of rotatable bonds is 9. The summed E-state index contributed by atoms with van der Waals surface area (Å²) in [5.41, 5.74) is 2.07. The summed E-state index contributed by atoms with van der Waals surface area (Å²) in [6.45, 7) is 7.59. The molecule has 0 heterocycles. The van der Waals surface area contributed by atoms with E-state index in [1.807, 2.05) is 30.3 Å². The van der Waals surface area contributed by atoms with Crippen molar-refractivity contribution in [2.75, 3.05) is 13.7 Å². The number of unbranched alkanes of at least 4 members (excludes halogenated alkanes) is 1. The summed E-state index contributed by atoms with van der Waals surface area (Å²) >= 11 is 0. The number of nitriles is 1. The number of hydrogen-bond acceptors (Lipinski definition) is 4. The van der Waals surface area contributed by atoms with E-state index in [1.54, 1.807) is 7.11 Å². The highest BCUT2D eigenvalue weighted by molar-refractivity contribution is 5.43. The Hall–Kier alpha value is -2.58. The van der Waals surface area contributed by atoms with Gasteiger partial charge in [0.2, 0.25) is 0 Å². The van der Waals surface area contributed by atoms with Gasteiger partial charge in [0.1, 0.15) is 5.82 Å². The lowest BCUT2D eigenvalue weighted by Gasteiger charge is -2.32. The van der Waals surface area contributed by atoms with E-state index in [1.165, 1.54) is 12.1 Å². The topological polar surface area (TPSA) is 54.3 Å². The Morgan fingerprint density at radius 1 is 1.11 bits per heavy atom. The van der Waals surface area contributed by atoms with Crippen molar-refractivity contribution < 1.29 is 13.9 Å². The molecule has 0 aliphatic rings. The van der Waals surface area contributed by atoms with E-state index in [2.05, 4.69) is 32.2 Å². The Kier molecular flexibility index (Phi) is 7.83. The van der Waals surface area contributed by atoms with Crippen LogP contribution in [0.4, 0.5) is 4.39 Å². The predicted octanol–water partition coefficient (Wildman–Crippen LogP) is 5.39. The van der Waals surface area contributed by atoms with Crippen LogP contribution >= 0.6 is 0 Å². The fraction of sp³-hybridized carbons (Fsp3) is 0.435. The number of ether oxygens (including phenoxy) is 2. The molecule has 0 fully saturated rings. The molecule has 2 aromatic carbocycles. The van der Waals surface area contributed by atoms with Crippen LogP contribution < -0.4 is 14.8 Å². The third-order valence-electron chi connectivity index (χ3n) is 4.50. The second-order valence-electron chi connectivity index (χ2n) is 7.83. The maximum absolute atomic E-state index is 13.3. The van der Waals surface area contributed by atoms with Crippen molar-refractivity contribution in [1.29, 1.82) is 5.26 Å². The van der Waals surface area contributed by atoms with Gasteiger partial charge in [-0.05, 0) is 47.2 Å². The highest BCUT2D eigenvalue weighted by atomic mass is 19.1. The first-order chi connectivity index (χ1) is 13.3. The molecule has 0 amide bonds. The third-order valence-corrected chi connectivity index (χ3v) is 4.50. The molecule has 0 saturated carbocycles. The molecule has 0 aliphatic heterocycles. The molecule has 0 bridgehead atoms. The molecule has 0 saturated heterocycles. The third kappa shape index (κ3) is 6.24. The van der Waals surface area contributed by atoms with E-state index < -0.39 is 0 Å². The first-order valence-electron chi connectivity index (χ1n) is 9.50. The lowest BCUT2D eigenvalue weighted by atomic mass is 9.82. The summed E-state index contributed by atoms with van der Waals surface area (Å²) in [5, 5.41) is 12.2. The second-order valence-corrected chi connectivity index (χ2v) is 7.83. The molecule has 1 unspecified atom stereocenters. The summed E-state index contributed by atoms with van der Waals surface area (Å²) in [6.07, 6.45) is 1.15. The normalized spacial score (nSPS) is 12.3. The van der Waals surface area contributed by atoms with E-state index in [0.717, 1.165) is 11.1 Å². The summed E-state index contributed by atoms with van der Waals surface area (Å²) in [7, 11) is 1.61. The maximum atomic E-state index is 13.3. The van der Waals surface area contributed by atoms with Crippen LogP contribution in [0.1, 0.15) is 50.8 Å². The molecule has 5 heteroatoms. The van der Waals surface area contributed by atoms with Crippen LogP contribution in [0.2, 0.25) is 0 Å². The van der Waals surface area contributed by atoms with Crippen LogP contribution in [0.5, 0.6) is 11.5 Å². The van der Waals surface area contributed by atoms with Gasteiger partial charge in [0, 0.05) is 19.0 Å². The van der Waals surface area contributed by atoms with E-state index in [-0.39, 0.29) is 17.3 Å². The van der Waals surface area contributed by atoms with Crippen LogP contribution in [0.25, 0.3) is 0 Å². The zero-order chi connectivity index (χ0) is 20.6.